The van der Waals surface area contributed by atoms with Gasteiger partial charge in [-0.05, 0) is 35.4 Å². The van der Waals surface area contributed by atoms with Crippen LogP contribution < -0.4 is 10.6 Å². The van der Waals surface area contributed by atoms with Gasteiger partial charge < -0.3 is 10.6 Å². The van der Waals surface area contributed by atoms with E-state index in [-0.39, 0.29) is 11.6 Å². The lowest BCUT2D eigenvalue weighted by atomic mass is 10.3. The Bertz CT molecular complexity index is 797. The van der Waals surface area contributed by atoms with Crippen molar-refractivity contribution in [2.45, 2.75) is 13.1 Å². The number of aromatic nitrogens is 6. The van der Waals surface area contributed by atoms with E-state index in [9.17, 15) is 9.59 Å². The van der Waals surface area contributed by atoms with Crippen molar-refractivity contribution < 1.29 is 9.59 Å². The summed E-state index contributed by atoms with van der Waals surface area (Å²) in [5, 5.41) is 19.9. The highest BCUT2D eigenvalue weighted by molar-refractivity contribution is 5.91. The molecule has 0 radical (unpaired) electrons. The first kappa shape index (κ1) is 17.0. The minimum Gasteiger partial charge on any atom is -0.345 e. The Kier molecular flexibility index (Phi) is 5.45. The van der Waals surface area contributed by atoms with Crippen LogP contribution in [0.1, 0.15) is 32.4 Å². The molecule has 0 aliphatic rings. The first-order valence-electron chi connectivity index (χ1n) is 7.64. The van der Waals surface area contributed by atoms with Crippen LogP contribution in [0.4, 0.5) is 0 Å². The zero-order chi connectivity index (χ0) is 18.2. The zero-order valence-electron chi connectivity index (χ0n) is 13.5. The van der Waals surface area contributed by atoms with E-state index >= 15 is 0 Å². The van der Waals surface area contributed by atoms with Crippen LogP contribution in [0.2, 0.25) is 0 Å². The summed E-state index contributed by atoms with van der Waals surface area (Å²) >= 11 is 0. The quantitative estimate of drug-likeness (QED) is 0.630. The Hall–Kier alpha value is -3.82. The molecule has 3 aromatic heterocycles. The Balaban J connectivity index is 1.53. The molecule has 26 heavy (non-hydrogen) atoms. The number of carbonyl (C=O) groups is 2. The summed E-state index contributed by atoms with van der Waals surface area (Å²) in [5.41, 5.74) is 1.75. The molecule has 0 saturated heterocycles. The maximum Gasteiger partial charge on any atom is 0.293 e. The molecule has 10 nitrogen and oxygen atoms in total. The molecule has 0 fully saturated rings. The third-order valence-electron chi connectivity index (χ3n) is 3.29. The first-order chi connectivity index (χ1) is 12.7. The van der Waals surface area contributed by atoms with Gasteiger partial charge in [-0.3, -0.25) is 19.6 Å². The van der Waals surface area contributed by atoms with Crippen LogP contribution in [0, 0.1) is 0 Å². The van der Waals surface area contributed by atoms with Crippen molar-refractivity contribution in [1.82, 2.24) is 41.0 Å². The molecule has 0 aliphatic carbocycles. The monoisotopic (exact) mass is 350 g/mol. The molecule has 0 aliphatic heterocycles. The van der Waals surface area contributed by atoms with Gasteiger partial charge >= 0.3 is 0 Å². The van der Waals surface area contributed by atoms with Crippen LogP contribution in [0.15, 0.2) is 49.1 Å². The standard InChI is InChI=1S/C16H14N8O2/c25-15(19-9-11-1-5-17-6-2-11)13-21-23-14(24-22-13)16(26)20-10-12-3-7-18-8-4-12/h1-8H,9-10H2,(H,19,25)(H,20,26). The lowest BCUT2D eigenvalue weighted by Gasteiger charge is -2.04. The number of carbonyl (C=O) groups excluding carboxylic acids is 2. The van der Waals surface area contributed by atoms with Crippen LogP contribution in [-0.2, 0) is 13.1 Å². The van der Waals surface area contributed by atoms with Gasteiger partial charge in [-0.1, -0.05) is 0 Å². The molecule has 0 atom stereocenters. The molecule has 0 aromatic carbocycles. The van der Waals surface area contributed by atoms with E-state index in [1.165, 1.54) is 0 Å². The highest BCUT2D eigenvalue weighted by Gasteiger charge is 2.15. The van der Waals surface area contributed by atoms with E-state index < -0.39 is 11.8 Å². The molecule has 0 unspecified atom stereocenters. The number of rotatable bonds is 6. The number of amides is 2. The molecule has 3 heterocycles. The van der Waals surface area contributed by atoms with E-state index in [0.29, 0.717) is 13.1 Å². The van der Waals surface area contributed by atoms with Crippen molar-refractivity contribution in [2.24, 2.45) is 0 Å². The summed E-state index contributed by atoms with van der Waals surface area (Å²) in [4.78, 5) is 31.7. The summed E-state index contributed by atoms with van der Waals surface area (Å²) in [5.74, 6) is -1.51. The Morgan fingerprint density at radius 3 is 1.35 bits per heavy atom. The van der Waals surface area contributed by atoms with Gasteiger partial charge in [-0.25, -0.2) is 0 Å². The lowest BCUT2D eigenvalue weighted by Crippen LogP contribution is -2.29. The minimum atomic E-state index is -0.537. The minimum absolute atomic E-state index is 0.218. The fourth-order valence-corrected chi connectivity index (χ4v) is 1.94. The maximum absolute atomic E-state index is 12.0. The van der Waals surface area contributed by atoms with Gasteiger partial charge in [-0.15, -0.1) is 20.4 Å². The lowest BCUT2D eigenvalue weighted by molar-refractivity contribution is 0.0917. The van der Waals surface area contributed by atoms with E-state index in [4.69, 9.17) is 0 Å². The van der Waals surface area contributed by atoms with Gasteiger partial charge in [-0.2, -0.15) is 0 Å². The number of nitrogens with zero attached hydrogens (tertiary/aromatic N) is 6. The number of hydrogen-bond donors (Lipinski definition) is 2. The van der Waals surface area contributed by atoms with Crippen molar-refractivity contribution >= 4 is 11.8 Å². The van der Waals surface area contributed by atoms with E-state index in [1.807, 2.05) is 0 Å². The average molecular weight is 350 g/mol. The van der Waals surface area contributed by atoms with Crippen LogP contribution in [0.3, 0.4) is 0 Å². The SMILES string of the molecule is O=C(NCc1ccncc1)c1nnc(C(=O)NCc2ccncc2)nn1. The molecule has 3 rings (SSSR count). The van der Waals surface area contributed by atoms with Crippen molar-refractivity contribution in [2.75, 3.05) is 0 Å². The second-order valence-corrected chi connectivity index (χ2v) is 5.12. The molecule has 10 heteroatoms. The fraction of sp³-hybridized carbons (Fsp3) is 0.125. The number of hydrogen-bond acceptors (Lipinski definition) is 8. The van der Waals surface area contributed by atoms with Gasteiger partial charge in [0.25, 0.3) is 23.5 Å². The normalized spacial score (nSPS) is 10.2. The topological polar surface area (TPSA) is 136 Å². The van der Waals surface area contributed by atoms with Crippen LogP contribution >= 0.6 is 0 Å². The Labute approximate surface area is 148 Å². The average Bonchev–Trinajstić information content (AvgIpc) is 2.72. The Morgan fingerprint density at radius 2 is 1.00 bits per heavy atom. The smallest absolute Gasteiger partial charge is 0.293 e. The fourth-order valence-electron chi connectivity index (χ4n) is 1.94. The molecule has 2 amide bonds. The summed E-state index contributed by atoms with van der Waals surface area (Å²) in [6, 6.07) is 7.09. The first-order valence-corrected chi connectivity index (χ1v) is 7.64. The van der Waals surface area contributed by atoms with Crippen molar-refractivity contribution in [3.05, 3.63) is 71.8 Å². The summed E-state index contributed by atoms with van der Waals surface area (Å²) in [7, 11) is 0. The van der Waals surface area contributed by atoms with Crippen molar-refractivity contribution in [3.63, 3.8) is 0 Å². The van der Waals surface area contributed by atoms with Crippen molar-refractivity contribution in [3.8, 4) is 0 Å². The van der Waals surface area contributed by atoms with Crippen LogP contribution in [0.25, 0.3) is 0 Å². The second kappa shape index (κ2) is 8.33. The third kappa shape index (κ3) is 4.60. The largest absolute Gasteiger partial charge is 0.345 e. The maximum atomic E-state index is 12.0. The molecule has 2 N–H and O–H groups in total. The molecule has 0 spiro atoms. The second-order valence-electron chi connectivity index (χ2n) is 5.12. The van der Waals surface area contributed by atoms with Gasteiger partial charge in [0.15, 0.2) is 0 Å². The van der Waals surface area contributed by atoms with E-state index in [0.717, 1.165) is 11.1 Å². The van der Waals surface area contributed by atoms with Crippen LogP contribution in [0.5, 0.6) is 0 Å². The van der Waals surface area contributed by atoms with E-state index in [1.54, 1.807) is 49.1 Å². The Morgan fingerprint density at radius 1 is 0.654 bits per heavy atom. The summed E-state index contributed by atoms with van der Waals surface area (Å²) in [6.07, 6.45) is 6.50. The van der Waals surface area contributed by atoms with Gasteiger partial charge in [0.2, 0.25) is 0 Å². The van der Waals surface area contributed by atoms with Gasteiger partial charge in [0, 0.05) is 37.9 Å². The van der Waals surface area contributed by atoms with E-state index in [2.05, 4.69) is 41.0 Å². The molecular formula is C16H14N8O2. The van der Waals surface area contributed by atoms with Gasteiger partial charge in [0.05, 0.1) is 0 Å². The van der Waals surface area contributed by atoms with Crippen molar-refractivity contribution in [1.29, 1.82) is 0 Å². The highest BCUT2D eigenvalue weighted by atomic mass is 16.2. The molecule has 0 saturated carbocycles. The van der Waals surface area contributed by atoms with Crippen LogP contribution in [-0.4, -0.2) is 42.2 Å². The number of pyridine rings is 2. The third-order valence-corrected chi connectivity index (χ3v) is 3.29. The molecule has 130 valence electrons. The summed E-state index contributed by atoms with van der Waals surface area (Å²) < 4.78 is 0. The molecule has 3 aromatic rings. The zero-order valence-corrected chi connectivity index (χ0v) is 13.5. The highest BCUT2D eigenvalue weighted by Crippen LogP contribution is 1.97. The molecule has 0 bridgehead atoms. The predicted octanol–water partition coefficient (Wildman–Crippen LogP) is -0.0834. The van der Waals surface area contributed by atoms with Gasteiger partial charge in [0.1, 0.15) is 0 Å². The molecular weight excluding hydrogens is 336 g/mol. The number of nitrogens with one attached hydrogen (secondary N) is 2. The predicted molar refractivity (Wildman–Crippen MR) is 88.4 cm³/mol. The summed E-state index contributed by atoms with van der Waals surface area (Å²) in [6.45, 7) is 0.581.